The minimum absolute atomic E-state index is 0.408. The normalized spacial score (nSPS) is 26.6. The predicted molar refractivity (Wildman–Crippen MR) is 92.5 cm³/mol. The molecule has 2 aliphatic heterocycles. The van der Waals surface area contributed by atoms with Crippen molar-refractivity contribution < 1.29 is 0 Å². The quantitative estimate of drug-likeness (QED) is 0.872. The van der Waals surface area contributed by atoms with Crippen molar-refractivity contribution in [1.29, 1.82) is 0 Å². The van der Waals surface area contributed by atoms with Crippen molar-refractivity contribution in [3.8, 4) is 0 Å². The summed E-state index contributed by atoms with van der Waals surface area (Å²) >= 11 is 7.93. The molecule has 0 bridgehead atoms. The van der Waals surface area contributed by atoms with Crippen LogP contribution in [-0.2, 0) is 0 Å². The maximum Gasteiger partial charge on any atom is 0.104 e. The Hall–Kier alpha value is -0.640. The maximum absolute atomic E-state index is 6.02. The summed E-state index contributed by atoms with van der Waals surface area (Å²) in [6.07, 6.45) is 4.02. The van der Waals surface area contributed by atoms with Gasteiger partial charge >= 0.3 is 0 Å². The highest BCUT2D eigenvalue weighted by Crippen LogP contribution is 2.43. The van der Waals surface area contributed by atoms with Crippen molar-refractivity contribution in [1.82, 2.24) is 10.2 Å². The lowest BCUT2D eigenvalue weighted by Gasteiger charge is -2.31. The lowest BCUT2D eigenvalue weighted by Crippen LogP contribution is -2.32. The van der Waals surface area contributed by atoms with E-state index in [0.717, 1.165) is 24.0 Å². The molecule has 2 unspecified atom stereocenters. The molecule has 0 spiro atoms. The van der Waals surface area contributed by atoms with E-state index in [9.17, 15) is 0 Å². The third kappa shape index (κ3) is 3.77. The van der Waals surface area contributed by atoms with Gasteiger partial charge in [0.15, 0.2) is 0 Å². The summed E-state index contributed by atoms with van der Waals surface area (Å²) in [6.45, 7) is 5.71. The number of allylic oxidation sites excluding steroid dienone is 1. The summed E-state index contributed by atoms with van der Waals surface area (Å²) < 4.78 is 0. The van der Waals surface area contributed by atoms with Crippen LogP contribution in [0.25, 0.3) is 0 Å². The largest absolute Gasteiger partial charge is 0.358 e. The van der Waals surface area contributed by atoms with E-state index < -0.39 is 0 Å². The first-order valence-corrected chi connectivity index (χ1v) is 9.11. The fraction of sp³-hybridized carbons (Fsp3) is 0.529. The van der Waals surface area contributed by atoms with Crippen molar-refractivity contribution in [2.45, 2.75) is 31.6 Å². The molecule has 1 aromatic rings. The number of halogens is 1. The number of nitrogens with one attached hydrogen (secondary N) is 1. The molecule has 1 saturated heterocycles. The number of hydrogen-bond acceptors (Lipinski definition) is 3. The van der Waals surface area contributed by atoms with Crippen LogP contribution >= 0.6 is 23.4 Å². The maximum atomic E-state index is 6.02. The molecule has 0 aliphatic carbocycles. The van der Waals surface area contributed by atoms with Gasteiger partial charge in [0, 0.05) is 17.3 Å². The number of nitrogens with zero attached hydrogens (tertiary/aromatic N) is 1. The zero-order valence-corrected chi connectivity index (χ0v) is 14.1. The van der Waals surface area contributed by atoms with E-state index in [-0.39, 0.29) is 0 Å². The number of hydrogen-bond donors (Lipinski definition) is 1. The Morgan fingerprint density at radius 1 is 1.29 bits per heavy atom. The average Bonchev–Trinajstić information content (AvgIpc) is 2.70. The Bertz CT molecular complexity index is 492. The summed E-state index contributed by atoms with van der Waals surface area (Å²) in [5.41, 5.74) is 2.74. The van der Waals surface area contributed by atoms with E-state index in [1.165, 1.54) is 37.1 Å². The fourth-order valence-corrected chi connectivity index (χ4v) is 4.44. The molecule has 3 rings (SSSR count). The second-order valence-electron chi connectivity index (χ2n) is 6.02. The van der Waals surface area contributed by atoms with E-state index >= 15 is 0 Å². The molecule has 0 radical (unpaired) electrons. The smallest absolute Gasteiger partial charge is 0.104 e. The van der Waals surface area contributed by atoms with Gasteiger partial charge in [-0.25, -0.2) is 0 Å². The van der Waals surface area contributed by atoms with Crippen molar-refractivity contribution in [2.24, 2.45) is 5.92 Å². The monoisotopic (exact) mass is 322 g/mol. The molecule has 2 aliphatic rings. The van der Waals surface area contributed by atoms with Gasteiger partial charge in [0.1, 0.15) is 5.37 Å². The Morgan fingerprint density at radius 3 is 2.90 bits per heavy atom. The average molecular weight is 323 g/mol. The van der Waals surface area contributed by atoms with Gasteiger partial charge in [-0.05, 0) is 61.9 Å². The highest BCUT2D eigenvalue weighted by atomic mass is 35.5. The molecular weight excluding hydrogens is 300 g/mol. The van der Waals surface area contributed by atoms with Gasteiger partial charge < -0.3 is 10.2 Å². The first-order valence-electron chi connectivity index (χ1n) is 7.79. The molecule has 1 N–H and O–H groups in total. The standard InChI is InChI=1S/C17H23ClN2S/c1-13-12-21-17(15-5-7-16(18)8-6-15)20(13)11-14-4-2-3-9-19-10-14/h5-8,12,14,17,19H,2-4,9-11H2,1H3. The first-order chi connectivity index (χ1) is 10.2. The lowest BCUT2D eigenvalue weighted by molar-refractivity contribution is 0.269. The van der Waals surface area contributed by atoms with Gasteiger partial charge in [-0.2, -0.15) is 0 Å². The van der Waals surface area contributed by atoms with E-state index in [4.69, 9.17) is 11.6 Å². The van der Waals surface area contributed by atoms with Crippen molar-refractivity contribution in [3.05, 3.63) is 46.0 Å². The third-order valence-electron chi connectivity index (χ3n) is 4.36. The van der Waals surface area contributed by atoms with Crippen molar-refractivity contribution >= 4 is 23.4 Å². The van der Waals surface area contributed by atoms with Crippen LogP contribution in [0.4, 0.5) is 0 Å². The van der Waals surface area contributed by atoms with Crippen LogP contribution in [-0.4, -0.2) is 24.5 Å². The molecule has 0 aromatic heterocycles. The lowest BCUT2D eigenvalue weighted by atomic mass is 10.0. The molecular formula is C17H23ClN2S. The molecule has 1 aromatic carbocycles. The van der Waals surface area contributed by atoms with Crippen LogP contribution < -0.4 is 5.32 Å². The third-order valence-corrected chi connectivity index (χ3v) is 5.88. The van der Waals surface area contributed by atoms with Crippen LogP contribution in [0.15, 0.2) is 35.4 Å². The predicted octanol–water partition coefficient (Wildman–Crippen LogP) is 4.64. The zero-order valence-electron chi connectivity index (χ0n) is 12.5. The summed E-state index contributed by atoms with van der Waals surface area (Å²) in [5.74, 6) is 0.754. The number of benzene rings is 1. The highest BCUT2D eigenvalue weighted by Gasteiger charge is 2.28. The fourth-order valence-electron chi connectivity index (χ4n) is 3.14. The highest BCUT2D eigenvalue weighted by molar-refractivity contribution is 8.02. The van der Waals surface area contributed by atoms with E-state index in [1.54, 1.807) is 0 Å². The zero-order chi connectivity index (χ0) is 14.7. The van der Waals surface area contributed by atoms with Gasteiger partial charge in [0.25, 0.3) is 0 Å². The number of rotatable bonds is 3. The molecule has 0 amide bonds. The Labute approximate surface area is 136 Å². The van der Waals surface area contributed by atoms with Crippen molar-refractivity contribution in [3.63, 3.8) is 0 Å². The molecule has 0 saturated carbocycles. The van der Waals surface area contributed by atoms with Gasteiger partial charge in [0.2, 0.25) is 0 Å². The molecule has 114 valence electrons. The van der Waals surface area contributed by atoms with Crippen LogP contribution in [0.1, 0.15) is 37.1 Å². The summed E-state index contributed by atoms with van der Waals surface area (Å²) in [4.78, 5) is 2.56. The molecule has 2 atom stereocenters. The van der Waals surface area contributed by atoms with Crippen molar-refractivity contribution in [2.75, 3.05) is 19.6 Å². The van der Waals surface area contributed by atoms with Crippen LogP contribution in [0.2, 0.25) is 5.02 Å². The molecule has 21 heavy (non-hydrogen) atoms. The van der Waals surface area contributed by atoms with Gasteiger partial charge in [0.05, 0.1) is 0 Å². The topological polar surface area (TPSA) is 15.3 Å². The number of thioether (sulfide) groups is 1. The Balaban J connectivity index is 1.71. The van der Waals surface area contributed by atoms with Crippen LogP contribution in [0.5, 0.6) is 0 Å². The summed E-state index contributed by atoms with van der Waals surface area (Å²) in [7, 11) is 0. The second-order valence-corrected chi connectivity index (χ2v) is 7.41. The SMILES string of the molecule is CC1=CSC(c2ccc(Cl)cc2)N1CC1CCCCNC1. The molecule has 2 nitrogen and oxygen atoms in total. The molecule has 2 heterocycles. The molecule has 1 fully saturated rings. The van der Waals surface area contributed by atoms with E-state index in [0.29, 0.717) is 5.37 Å². The van der Waals surface area contributed by atoms with Gasteiger partial charge in [-0.15, -0.1) is 11.8 Å². The van der Waals surface area contributed by atoms with E-state index in [2.05, 4.69) is 34.7 Å². The second kappa shape index (κ2) is 7.08. The van der Waals surface area contributed by atoms with Gasteiger partial charge in [-0.1, -0.05) is 30.2 Å². The first kappa shape index (κ1) is 15.3. The Kier molecular flexibility index (Phi) is 5.15. The minimum Gasteiger partial charge on any atom is -0.358 e. The minimum atomic E-state index is 0.408. The Morgan fingerprint density at radius 2 is 2.10 bits per heavy atom. The van der Waals surface area contributed by atoms with Crippen LogP contribution in [0, 0.1) is 5.92 Å². The van der Waals surface area contributed by atoms with E-state index in [1.807, 2.05) is 23.9 Å². The summed E-state index contributed by atoms with van der Waals surface area (Å²) in [6, 6.07) is 8.31. The summed E-state index contributed by atoms with van der Waals surface area (Å²) in [5, 5.41) is 7.09. The molecule has 4 heteroatoms. The van der Waals surface area contributed by atoms with Gasteiger partial charge in [-0.3, -0.25) is 0 Å². The van der Waals surface area contributed by atoms with Crippen LogP contribution in [0.3, 0.4) is 0 Å².